The third-order valence-electron chi connectivity index (χ3n) is 2.79. The third-order valence-corrected chi connectivity index (χ3v) is 4.46. The molecular formula is C14H12ClNO4S. The number of carboxylic acids is 1. The summed E-state index contributed by atoms with van der Waals surface area (Å²) < 4.78 is 26.6. The molecule has 5 nitrogen and oxygen atoms in total. The van der Waals surface area contributed by atoms with E-state index < -0.39 is 16.0 Å². The zero-order chi connectivity index (χ0) is 15.5. The maximum atomic E-state index is 12.1. The van der Waals surface area contributed by atoms with Crippen LogP contribution in [0.15, 0.2) is 53.4 Å². The van der Waals surface area contributed by atoms with E-state index in [1.54, 1.807) is 24.3 Å². The Kier molecular flexibility index (Phi) is 4.62. The maximum absolute atomic E-state index is 12.1. The first-order chi connectivity index (χ1) is 9.88. The highest BCUT2D eigenvalue weighted by atomic mass is 35.5. The van der Waals surface area contributed by atoms with Crippen LogP contribution in [0.2, 0.25) is 5.02 Å². The molecule has 2 rings (SSSR count). The molecule has 0 amide bonds. The minimum Gasteiger partial charge on any atom is -0.478 e. The van der Waals surface area contributed by atoms with Crippen molar-refractivity contribution < 1.29 is 18.3 Å². The molecule has 0 aliphatic rings. The summed E-state index contributed by atoms with van der Waals surface area (Å²) in [5.41, 5.74) is 0.803. The summed E-state index contributed by atoms with van der Waals surface area (Å²) in [6.45, 7) is 0.125. The predicted octanol–water partition coefficient (Wildman–Crippen LogP) is 2.52. The highest BCUT2D eigenvalue weighted by Gasteiger charge is 2.14. The Hall–Kier alpha value is -1.89. The van der Waals surface area contributed by atoms with Crippen LogP contribution in [0.25, 0.3) is 0 Å². The molecule has 0 aromatic heterocycles. The van der Waals surface area contributed by atoms with Crippen LogP contribution in [-0.4, -0.2) is 19.5 Å². The number of carboxylic acid groups (broad SMARTS) is 1. The van der Waals surface area contributed by atoms with Gasteiger partial charge in [-0.3, -0.25) is 0 Å². The first kappa shape index (κ1) is 15.5. The van der Waals surface area contributed by atoms with Gasteiger partial charge in [0.1, 0.15) is 0 Å². The molecule has 7 heteroatoms. The van der Waals surface area contributed by atoms with Gasteiger partial charge in [-0.1, -0.05) is 23.7 Å². The van der Waals surface area contributed by atoms with Crippen molar-refractivity contribution in [2.24, 2.45) is 0 Å². The van der Waals surface area contributed by atoms with E-state index in [0.717, 1.165) is 5.56 Å². The smallest absolute Gasteiger partial charge is 0.335 e. The van der Waals surface area contributed by atoms with Crippen LogP contribution in [0.4, 0.5) is 0 Å². The summed E-state index contributed by atoms with van der Waals surface area (Å²) in [5, 5.41) is 9.35. The highest BCUT2D eigenvalue weighted by Crippen LogP contribution is 2.13. The topological polar surface area (TPSA) is 83.5 Å². The van der Waals surface area contributed by atoms with Crippen molar-refractivity contribution in [3.63, 3.8) is 0 Å². The fourth-order valence-electron chi connectivity index (χ4n) is 1.64. The van der Waals surface area contributed by atoms with E-state index in [0.29, 0.717) is 5.02 Å². The van der Waals surface area contributed by atoms with Gasteiger partial charge in [0.25, 0.3) is 0 Å². The van der Waals surface area contributed by atoms with Gasteiger partial charge < -0.3 is 5.11 Å². The normalized spacial score (nSPS) is 11.3. The summed E-state index contributed by atoms with van der Waals surface area (Å²) in [5.74, 6) is -1.10. The molecule has 0 aliphatic carbocycles. The van der Waals surface area contributed by atoms with Crippen molar-refractivity contribution >= 4 is 27.6 Å². The molecule has 0 aliphatic heterocycles. The number of sulfonamides is 1. The molecule has 2 N–H and O–H groups in total. The monoisotopic (exact) mass is 325 g/mol. The molecule has 0 radical (unpaired) electrons. The van der Waals surface area contributed by atoms with Crippen molar-refractivity contribution in [1.82, 2.24) is 4.72 Å². The molecule has 0 heterocycles. The lowest BCUT2D eigenvalue weighted by Crippen LogP contribution is -2.23. The number of halogens is 1. The Bertz CT molecular complexity index is 740. The van der Waals surface area contributed by atoms with Gasteiger partial charge in [0.15, 0.2) is 0 Å². The maximum Gasteiger partial charge on any atom is 0.335 e. The quantitative estimate of drug-likeness (QED) is 0.884. The summed E-state index contributed by atoms with van der Waals surface area (Å²) in [7, 11) is -3.69. The minimum atomic E-state index is -3.69. The number of hydrogen-bond acceptors (Lipinski definition) is 3. The van der Waals surface area contributed by atoms with E-state index >= 15 is 0 Å². The molecule has 21 heavy (non-hydrogen) atoms. The van der Waals surface area contributed by atoms with Crippen molar-refractivity contribution in [2.45, 2.75) is 11.4 Å². The van der Waals surface area contributed by atoms with Gasteiger partial charge in [0.2, 0.25) is 10.0 Å². The third kappa shape index (κ3) is 4.04. The number of benzene rings is 2. The molecule has 0 bridgehead atoms. The summed E-state index contributed by atoms with van der Waals surface area (Å²) in [6, 6.07) is 11.8. The van der Waals surface area contributed by atoms with Crippen LogP contribution in [-0.2, 0) is 16.6 Å². The van der Waals surface area contributed by atoms with E-state index in [-0.39, 0.29) is 17.0 Å². The second-order valence-corrected chi connectivity index (χ2v) is 6.48. The van der Waals surface area contributed by atoms with Crippen LogP contribution in [0.1, 0.15) is 15.9 Å². The van der Waals surface area contributed by atoms with E-state index in [2.05, 4.69) is 4.72 Å². The van der Waals surface area contributed by atoms with Gasteiger partial charge in [-0.25, -0.2) is 17.9 Å². The van der Waals surface area contributed by atoms with Gasteiger partial charge >= 0.3 is 5.97 Å². The molecule has 110 valence electrons. The average Bonchev–Trinajstić information content (AvgIpc) is 2.47. The van der Waals surface area contributed by atoms with Crippen LogP contribution in [0.3, 0.4) is 0 Å². The second kappa shape index (κ2) is 6.26. The predicted molar refractivity (Wildman–Crippen MR) is 78.9 cm³/mol. The van der Waals surface area contributed by atoms with Gasteiger partial charge in [-0.05, 0) is 42.0 Å². The number of aromatic carboxylic acids is 1. The Labute approximate surface area is 127 Å². The van der Waals surface area contributed by atoms with E-state index in [9.17, 15) is 13.2 Å². The standard InChI is InChI=1S/C14H12ClNO4S/c15-12-5-1-10(2-6-12)9-16-21(19,20)13-7-3-11(4-8-13)14(17)18/h1-8,16H,9H2,(H,17,18). The molecule has 2 aromatic rings. The van der Waals surface area contributed by atoms with Crippen LogP contribution in [0.5, 0.6) is 0 Å². The SMILES string of the molecule is O=C(O)c1ccc(S(=O)(=O)NCc2ccc(Cl)cc2)cc1. The van der Waals surface area contributed by atoms with Gasteiger partial charge in [0.05, 0.1) is 10.5 Å². The van der Waals surface area contributed by atoms with Crippen molar-refractivity contribution in [3.05, 3.63) is 64.7 Å². The molecule has 0 unspecified atom stereocenters. The molecule has 0 fully saturated rings. The number of carbonyl (C=O) groups is 1. The van der Waals surface area contributed by atoms with Gasteiger partial charge in [-0.15, -0.1) is 0 Å². The van der Waals surface area contributed by atoms with Crippen molar-refractivity contribution in [1.29, 1.82) is 0 Å². The van der Waals surface area contributed by atoms with Crippen LogP contribution < -0.4 is 4.72 Å². The molecular weight excluding hydrogens is 314 g/mol. The fourth-order valence-corrected chi connectivity index (χ4v) is 2.78. The first-order valence-electron chi connectivity index (χ1n) is 5.96. The first-order valence-corrected chi connectivity index (χ1v) is 7.82. The highest BCUT2D eigenvalue weighted by molar-refractivity contribution is 7.89. The average molecular weight is 326 g/mol. The largest absolute Gasteiger partial charge is 0.478 e. The summed E-state index contributed by atoms with van der Waals surface area (Å²) >= 11 is 5.75. The lowest BCUT2D eigenvalue weighted by atomic mass is 10.2. The summed E-state index contributed by atoms with van der Waals surface area (Å²) in [6.07, 6.45) is 0. The zero-order valence-electron chi connectivity index (χ0n) is 10.8. The molecule has 0 spiro atoms. The Morgan fingerprint density at radius 3 is 2.14 bits per heavy atom. The van der Waals surface area contributed by atoms with Crippen molar-refractivity contribution in [3.8, 4) is 0 Å². The Balaban J connectivity index is 2.11. The Morgan fingerprint density at radius 1 is 1.05 bits per heavy atom. The summed E-state index contributed by atoms with van der Waals surface area (Å²) in [4.78, 5) is 10.7. The molecule has 0 saturated heterocycles. The number of rotatable bonds is 5. The molecule has 0 saturated carbocycles. The lowest BCUT2D eigenvalue weighted by Gasteiger charge is -2.07. The minimum absolute atomic E-state index is 0.0152. The number of hydrogen-bond donors (Lipinski definition) is 2. The fraction of sp³-hybridized carbons (Fsp3) is 0.0714. The van der Waals surface area contributed by atoms with Crippen LogP contribution in [0, 0.1) is 0 Å². The van der Waals surface area contributed by atoms with Gasteiger partial charge in [0, 0.05) is 11.6 Å². The number of nitrogens with one attached hydrogen (secondary N) is 1. The zero-order valence-corrected chi connectivity index (χ0v) is 12.4. The lowest BCUT2D eigenvalue weighted by molar-refractivity contribution is 0.0696. The van der Waals surface area contributed by atoms with Crippen LogP contribution >= 0.6 is 11.6 Å². The van der Waals surface area contributed by atoms with E-state index in [1.807, 2.05) is 0 Å². The van der Waals surface area contributed by atoms with Gasteiger partial charge in [-0.2, -0.15) is 0 Å². The van der Waals surface area contributed by atoms with Crippen molar-refractivity contribution in [2.75, 3.05) is 0 Å². The second-order valence-electron chi connectivity index (χ2n) is 4.28. The van der Waals surface area contributed by atoms with E-state index in [1.165, 1.54) is 24.3 Å². The Morgan fingerprint density at radius 2 is 1.62 bits per heavy atom. The molecule has 2 aromatic carbocycles. The van der Waals surface area contributed by atoms with E-state index in [4.69, 9.17) is 16.7 Å². The molecule has 0 atom stereocenters.